The molecular formula is C32H38Cl2N2O3. The van der Waals surface area contributed by atoms with Crippen molar-refractivity contribution in [2.24, 2.45) is 0 Å². The minimum atomic E-state index is -0.826. The van der Waals surface area contributed by atoms with E-state index in [2.05, 4.69) is 26.1 Å². The van der Waals surface area contributed by atoms with E-state index in [4.69, 9.17) is 27.9 Å². The summed E-state index contributed by atoms with van der Waals surface area (Å²) in [6.07, 6.45) is 0.315. The highest BCUT2D eigenvalue weighted by Crippen LogP contribution is 2.31. The predicted octanol–water partition coefficient (Wildman–Crippen LogP) is 7.22. The lowest BCUT2D eigenvalue weighted by molar-refractivity contribution is -0.143. The zero-order valence-corrected chi connectivity index (χ0v) is 25.1. The first-order valence-electron chi connectivity index (χ1n) is 13.1. The number of ether oxygens (including phenoxy) is 1. The van der Waals surface area contributed by atoms with Gasteiger partial charge in [0.25, 0.3) is 5.91 Å². The van der Waals surface area contributed by atoms with Crippen LogP contribution < -0.4 is 10.1 Å². The van der Waals surface area contributed by atoms with Crippen LogP contribution in [0.4, 0.5) is 0 Å². The Balaban J connectivity index is 2.01. The van der Waals surface area contributed by atoms with E-state index in [1.54, 1.807) is 18.2 Å². The Morgan fingerprint density at radius 3 is 2.03 bits per heavy atom. The van der Waals surface area contributed by atoms with Gasteiger partial charge in [-0.05, 0) is 55.5 Å². The van der Waals surface area contributed by atoms with E-state index in [-0.39, 0.29) is 30.4 Å². The molecule has 5 nitrogen and oxygen atoms in total. The molecule has 0 heterocycles. The van der Waals surface area contributed by atoms with Crippen molar-refractivity contribution in [2.45, 2.75) is 71.5 Å². The Morgan fingerprint density at radius 2 is 1.44 bits per heavy atom. The Hall–Kier alpha value is -3.02. The average Bonchev–Trinajstić information content (AvgIpc) is 2.85. The molecule has 3 aromatic carbocycles. The molecule has 0 unspecified atom stereocenters. The number of carbonyl (C=O) groups is 2. The maximum absolute atomic E-state index is 13.9. The molecule has 0 aliphatic heterocycles. The van der Waals surface area contributed by atoms with Gasteiger partial charge in [-0.2, -0.15) is 0 Å². The number of para-hydroxylation sites is 1. The van der Waals surface area contributed by atoms with Crippen LogP contribution in [0.15, 0.2) is 72.8 Å². The number of hydrogen-bond acceptors (Lipinski definition) is 3. The van der Waals surface area contributed by atoms with E-state index in [0.717, 1.165) is 11.1 Å². The van der Waals surface area contributed by atoms with Crippen molar-refractivity contribution in [2.75, 3.05) is 6.61 Å². The summed E-state index contributed by atoms with van der Waals surface area (Å²) < 4.78 is 6.10. The average molecular weight is 570 g/mol. The van der Waals surface area contributed by atoms with E-state index in [9.17, 15) is 9.59 Å². The van der Waals surface area contributed by atoms with Crippen LogP contribution in [-0.2, 0) is 28.0 Å². The number of carbonyl (C=O) groups excluding carboxylic acids is 2. The van der Waals surface area contributed by atoms with Crippen molar-refractivity contribution in [3.8, 4) is 5.75 Å². The van der Waals surface area contributed by atoms with Gasteiger partial charge in [-0.3, -0.25) is 9.59 Å². The van der Waals surface area contributed by atoms with Gasteiger partial charge >= 0.3 is 0 Å². The maximum Gasteiger partial charge on any atom is 0.261 e. The lowest BCUT2D eigenvalue weighted by Gasteiger charge is -2.34. The number of nitrogens with zero attached hydrogens (tertiary/aromatic N) is 1. The molecule has 3 rings (SSSR count). The molecule has 1 N–H and O–H groups in total. The summed E-state index contributed by atoms with van der Waals surface area (Å²) in [7, 11) is 0. The van der Waals surface area contributed by atoms with Gasteiger partial charge in [-0.1, -0.05) is 98.6 Å². The monoisotopic (exact) mass is 568 g/mol. The van der Waals surface area contributed by atoms with Crippen LogP contribution in [0.25, 0.3) is 0 Å². The standard InChI is InChI=1S/C32H38Cl2N2O3/c1-31(2,3)24-15-10-11-18-28(24)39-21-29(37)36(20-23-25(33)16-12-17-26(23)34)27(30(38)35-32(4,5)6)19-22-13-8-7-9-14-22/h7-18,27H,19-21H2,1-6H3,(H,35,38)/t27-/m0/s1. The molecule has 3 aromatic rings. The third-order valence-electron chi connectivity index (χ3n) is 6.21. The highest BCUT2D eigenvalue weighted by molar-refractivity contribution is 6.36. The summed E-state index contributed by atoms with van der Waals surface area (Å²) in [6, 6.07) is 21.7. The van der Waals surface area contributed by atoms with Crippen LogP contribution in [0.3, 0.4) is 0 Å². The van der Waals surface area contributed by atoms with Crippen LogP contribution in [0.1, 0.15) is 58.2 Å². The van der Waals surface area contributed by atoms with Crippen molar-refractivity contribution in [1.29, 1.82) is 0 Å². The number of rotatable bonds is 9. The van der Waals surface area contributed by atoms with Gasteiger partial charge < -0.3 is 15.0 Å². The van der Waals surface area contributed by atoms with Crippen LogP contribution in [0.2, 0.25) is 10.0 Å². The molecule has 0 spiro atoms. The molecule has 2 amide bonds. The molecule has 0 radical (unpaired) electrons. The molecule has 208 valence electrons. The number of amides is 2. The summed E-state index contributed by atoms with van der Waals surface area (Å²) in [5.41, 5.74) is 1.82. The first-order valence-corrected chi connectivity index (χ1v) is 13.8. The van der Waals surface area contributed by atoms with Crippen molar-refractivity contribution >= 4 is 35.0 Å². The van der Waals surface area contributed by atoms with Gasteiger partial charge in [0.05, 0.1) is 0 Å². The van der Waals surface area contributed by atoms with E-state index in [1.165, 1.54) is 4.90 Å². The second-order valence-corrected chi connectivity index (χ2v) is 12.5. The quantitative estimate of drug-likeness (QED) is 0.296. The lowest BCUT2D eigenvalue weighted by atomic mass is 9.86. The largest absolute Gasteiger partial charge is 0.483 e. The van der Waals surface area contributed by atoms with E-state index in [1.807, 2.05) is 75.4 Å². The molecule has 0 aliphatic rings. The fourth-order valence-corrected chi connectivity index (χ4v) is 4.81. The number of hydrogen-bond donors (Lipinski definition) is 1. The Morgan fingerprint density at radius 1 is 0.846 bits per heavy atom. The van der Waals surface area contributed by atoms with Crippen LogP contribution >= 0.6 is 23.2 Å². The van der Waals surface area contributed by atoms with Gasteiger partial charge in [0.2, 0.25) is 5.91 Å². The highest BCUT2D eigenvalue weighted by Gasteiger charge is 2.33. The fourth-order valence-electron chi connectivity index (χ4n) is 4.30. The van der Waals surface area contributed by atoms with Crippen molar-refractivity contribution in [1.82, 2.24) is 10.2 Å². The van der Waals surface area contributed by atoms with Crippen molar-refractivity contribution < 1.29 is 14.3 Å². The zero-order chi connectivity index (χ0) is 28.8. The zero-order valence-electron chi connectivity index (χ0n) is 23.6. The Labute approximate surface area is 242 Å². The van der Waals surface area contributed by atoms with Crippen LogP contribution in [0, 0.1) is 0 Å². The molecule has 7 heteroatoms. The predicted molar refractivity (Wildman–Crippen MR) is 159 cm³/mol. The third kappa shape index (κ3) is 8.74. The fraction of sp³-hybridized carbons (Fsp3) is 0.375. The molecule has 0 saturated heterocycles. The van der Waals surface area contributed by atoms with Gasteiger partial charge in [0, 0.05) is 34.1 Å². The topological polar surface area (TPSA) is 58.6 Å². The molecule has 0 aliphatic carbocycles. The summed E-state index contributed by atoms with van der Waals surface area (Å²) in [4.78, 5) is 29.2. The maximum atomic E-state index is 13.9. The van der Waals surface area contributed by atoms with Crippen LogP contribution in [0.5, 0.6) is 5.75 Å². The third-order valence-corrected chi connectivity index (χ3v) is 6.91. The van der Waals surface area contributed by atoms with Gasteiger partial charge in [0.1, 0.15) is 11.8 Å². The van der Waals surface area contributed by atoms with E-state index >= 15 is 0 Å². The first kappa shape index (κ1) is 30.5. The molecule has 0 fully saturated rings. The molecule has 0 bridgehead atoms. The van der Waals surface area contributed by atoms with Gasteiger partial charge in [-0.25, -0.2) is 0 Å². The second-order valence-electron chi connectivity index (χ2n) is 11.7. The van der Waals surface area contributed by atoms with Gasteiger partial charge in [0.15, 0.2) is 6.61 Å². The summed E-state index contributed by atoms with van der Waals surface area (Å²) in [6.45, 7) is 11.8. The van der Waals surface area contributed by atoms with Crippen molar-refractivity contribution in [3.63, 3.8) is 0 Å². The first-order chi connectivity index (χ1) is 18.3. The van der Waals surface area contributed by atoms with E-state index < -0.39 is 11.6 Å². The molecule has 1 atom stereocenters. The summed E-state index contributed by atoms with van der Waals surface area (Å²) in [5, 5.41) is 3.90. The van der Waals surface area contributed by atoms with E-state index in [0.29, 0.717) is 27.8 Å². The normalized spacial score (nSPS) is 12.5. The Kier molecular flexibility index (Phi) is 10.1. The number of benzene rings is 3. The van der Waals surface area contributed by atoms with Crippen molar-refractivity contribution in [3.05, 3.63) is 99.5 Å². The summed E-state index contributed by atoms with van der Waals surface area (Å²) >= 11 is 13.0. The molecule has 39 heavy (non-hydrogen) atoms. The molecular weight excluding hydrogens is 531 g/mol. The summed E-state index contributed by atoms with van der Waals surface area (Å²) in [5.74, 6) is 0.0190. The van der Waals surface area contributed by atoms with Crippen LogP contribution in [-0.4, -0.2) is 34.9 Å². The second kappa shape index (κ2) is 12.9. The molecule has 0 aromatic heterocycles. The highest BCUT2D eigenvalue weighted by atomic mass is 35.5. The SMILES string of the molecule is CC(C)(C)NC(=O)[C@H](Cc1ccccc1)N(Cc1c(Cl)cccc1Cl)C(=O)COc1ccccc1C(C)(C)C. The minimum Gasteiger partial charge on any atom is -0.483 e. The number of nitrogens with one attached hydrogen (secondary N) is 1. The lowest BCUT2D eigenvalue weighted by Crippen LogP contribution is -2.55. The Bertz CT molecular complexity index is 1260. The smallest absolute Gasteiger partial charge is 0.261 e. The minimum absolute atomic E-state index is 0.0523. The van der Waals surface area contributed by atoms with Gasteiger partial charge in [-0.15, -0.1) is 0 Å². The number of halogens is 2. The molecule has 0 saturated carbocycles.